The van der Waals surface area contributed by atoms with Crippen molar-refractivity contribution in [2.45, 2.75) is 51.7 Å². The minimum atomic E-state index is 0.0921. The summed E-state index contributed by atoms with van der Waals surface area (Å²) in [6, 6.07) is 2.65. The van der Waals surface area contributed by atoms with E-state index in [-0.39, 0.29) is 18.0 Å². The molecule has 6 heteroatoms. The van der Waals surface area contributed by atoms with Crippen LogP contribution in [0.5, 0.6) is 0 Å². The highest BCUT2D eigenvalue weighted by atomic mass is 16.2. The molecule has 1 fully saturated rings. The van der Waals surface area contributed by atoms with Crippen LogP contribution >= 0.6 is 0 Å². The lowest BCUT2D eigenvalue weighted by Crippen LogP contribution is -2.48. The van der Waals surface area contributed by atoms with Crippen molar-refractivity contribution in [2.24, 2.45) is 0 Å². The van der Waals surface area contributed by atoms with E-state index >= 15 is 0 Å². The van der Waals surface area contributed by atoms with Gasteiger partial charge in [-0.05, 0) is 39.3 Å². The molecule has 0 spiro atoms. The topological polar surface area (TPSA) is 62.2 Å². The predicted octanol–water partition coefficient (Wildman–Crippen LogP) is 1.02. The number of carbonyl (C=O) groups is 1. The zero-order valence-corrected chi connectivity index (χ0v) is 14.0. The number of amides is 1. The first-order chi connectivity index (χ1) is 10.6. The monoisotopic (exact) mass is 307 g/mol. The van der Waals surface area contributed by atoms with Gasteiger partial charge in [-0.1, -0.05) is 6.92 Å². The number of hydrogen-bond acceptors (Lipinski definition) is 4. The van der Waals surface area contributed by atoms with Crippen LogP contribution in [-0.2, 0) is 4.79 Å². The summed E-state index contributed by atoms with van der Waals surface area (Å²) in [6.07, 6.45) is 5.83. The lowest BCUT2D eigenvalue weighted by Gasteiger charge is -2.31. The SMILES string of the molecule is CCN1CCC(NC(=O)CN[C@H](C)[C@@H](C)n2cccn2)CC1. The van der Waals surface area contributed by atoms with Crippen molar-refractivity contribution in [3.05, 3.63) is 18.5 Å². The molecule has 0 radical (unpaired) electrons. The second kappa shape index (κ2) is 8.29. The fourth-order valence-corrected chi connectivity index (χ4v) is 2.85. The zero-order valence-electron chi connectivity index (χ0n) is 14.0. The smallest absolute Gasteiger partial charge is 0.234 e. The van der Waals surface area contributed by atoms with E-state index in [0.717, 1.165) is 32.5 Å². The molecule has 6 nitrogen and oxygen atoms in total. The Bertz CT molecular complexity index is 439. The molecule has 1 aliphatic rings. The average Bonchev–Trinajstić information content (AvgIpc) is 3.07. The molecule has 22 heavy (non-hydrogen) atoms. The maximum atomic E-state index is 12.1. The maximum Gasteiger partial charge on any atom is 0.234 e. The van der Waals surface area contributed by atoms with Crippen LogP contribution in [0.3, 0.4) is 0 Å². The number of nitrogens with one attached hydrogen (secondary N) is 2. The maximum absolute atomic E-state index is 12.1. The van der Waals surface area contributed by atoms with Gasteiger partial charge < -0.3 is 15.5 Å². The van der Waals surface area contributed by atoms with Crippen LogP contribution < -0.4 is 10.6 Å². The number of hydrogen-bond donors (Lipinski definition) is 2. The molecule has 2 N–H and O–H groups in total. The van der Waals surface area contributed by atoms with Crippen molar-refractivity contribution in [3.63, 3.8) is 0 Å². The second-order valence-corrected chi connectivity index (χ2v) is 6.17. The molecule has 0 unspecified atom stereocenters. The minimum absolute atomic E-state index is 0.0921. The predicted molar refractivity (Wildman–Crippen MR) is 87.7 cm³/mol. The third-order valence-corrected chi connectivity index (χ3v) is 4.65. The van der Waals surface area contributed by atoms with Crippen LogP contribution in [0.15, 0.2) is 18.5 Å². The van der Waals surface area contributed by atoms with Crippen molar-refractivity contribution >= 4 is 5.91 Å². The van der Waals surface area contributed by atoms with Crippen molar-refractivity contribution in [3.8, 4) is 0 Å². The zero-order chi connectivity index (χ0) is 15.9. The molecule has 0 saturated carbocycles. The summed E-state index contributed by atoms with van der Waals surface area (Å²) in [5.41, 5.74) is 0. The Morgan fingerprint density at radius 1 is 1.36 bits per heavy atom. The lowest BCUT2D eigenvalue weighted by atomic mass is 10.1. The molecule has 1 saturated heterocycles. The molecule has 1 aliphatic heterocycles. The Kier molecular flexibility index (Phi) is 6.39. The van der Waals surface area contributed by atoms with Gasteiger partial charge in [0.15, 0.2) is 0 Å². The van der Waals surface area contributed by atoms with E-state index in [9.17, 15) is 4.79 Å². The number of rotatable bonds is 7. The summed E-state index contributed by atoms with van der Waals surface area (Å²) >= 11 is 0. The minimum Gasteiger partial charge on any atom is -0.352 e. The van der Waals surface area contributed by atoms with Crippen LogP contribution in [0, 0.1) is 0 Å². The van der Waals surface area contributed by atoms with Crippen LogP contribution in [0.4, 0.5) is 0 Å². The normalized spacial score (nSPS) is 19.8. The molecule has 1 aromatic rings. The van der Waals surface area contributed by atoms with Crippen LogP contribution in [-0.4, -0.2) is 58.9 Å². The highest BCUT2D eigenvalue weighted by Crippen LogP contribution is 2.10. The molecule has 2 atom stereocenters. The van der Waals surface area contributed by atoms with Crippen LogP contribution in [0.1, 0.15) is 39.7 Å². The van der Waals surface area contributed by atoms with Gasteiger partial charge in [-0.25, -0.2) is 0 Å². The number of likely N-dealkylation sites (tertiary alicyclic amines) is 1. The lowest BCUT2D eigenvalue weighted by molar-refractivity contribution is -0.121. The molecule has 2 heterocycles. The first-order valence-corrected chi connectivity index (χ1v) is 8.34. The molecule has 2 rings (SSSR count). The highest BCUT2D eigenvalue weighted by molar-refractivity contribution is 5.78. The van der Waals surface area contributed by atoms with Crippen LogP contribution in [0.2, 0.25) is 0 Å². The number of carbonyl (C=O) groups excluding carboxylic acids is 1. The summed E-state index contributed by atoms with van der Waals surface area (Å²) in [5, 5.41) is 10.7. The van der Waals surface area contributed by atoms with Crippen molar-refractivity contribution in [1.82, 2.24) is 25.3 Å². The van der Waals surface area contributed by atoms with E-state index in [1.165, 1.54) is 0 Å². The third-order valence-electron chi connectivity index (χ3n) is 4.65. The van der Waals surface area contributed by atoms with Gasteiger partial charge in [-0.15, -0.1) is 0 Å². The van der Waals surface area contributed by atoms with Gasteiger partial charge in [-0.3, -0.25) is 9.48 Å². The first-order valence-electron chi connectivity index (χ1n) is 8.34. The average molecular weight is 307 g/mol. The Morgan fingerprint density at radius 2 is 2.09 bits per heavy atom. The van der Waals surface area contributed by atoms with Gasteiger partial charge in [0.25, 0.3) is 0 Å². The third kappa shape index (κ3) is 4.81. The molecule has 0 aromatic carbocycles. The highest BCUT2D eigenvalue weighted by Gasteiger charge is 2.20. The van der Waals surface area contributed by atoms with Gasteiger partial charge in [0.1, 0.15) is 0 Å². The van der Waals surface area contributed by atoms with Crippen molar-refractivity contribution in [2.75, 3.05) is 26.2 Å². The van der Waals surface area contributed by atoms with Gasteiger partial charge in [0.2, 0.25) is 5.91 Å². The molecular formula is C16H29N5O. The summed E-state index contributed by atoms with van der Waals surface area (Å²) in [5.74, 6) is 0.0921. The summed E-state index contributed by atoms with van der Waals surface area (Å²) in [7, 11) is 0. The Hall–Kier alpha value is -1.40. The van der Waals surface area contributed by atoms with Crippen LogP contribution in [0.25, 0.3) is 0 Å². The quantitative estimate of drug-likeness (QED) is 0.789. The van der Waals surface area contributed by atoms with Gasteiger partial charge in [0.05, 0.1) is 12.6 Å². The fourth-order valence-electron chi connectivity index (χ4n) is 2.85. The Labute approximate surface area is 133 Å². The molecule has 1 aromatic heterocycles. The van der Waals surface area contributed by atoms with E-state index in [4.69, 9.17) is 0 Å². The first kappa shape index (κ1) is 17.0. The molecule has 0 aliphatic carbocycles. The standard InChI is InChI=1S/C16H29N5O/c1-4-20-10-6-15(7-11-20)19-16(22)12-17-13(2)14(3)21-9-5-8-18-21/h5,8-9,13-15,17H,4,6-7,10-12H2,1-3H3,(H,19,22)/t13-,14-/m1/s1. The number of nitrogens with zero attached hydrogens (tertiary/aromatic N) is 3. The largest absolute Gasteiger partial charge is 0.352 e. The second-order valence-electron chi connectivity index (χ2n) is 6.17. The van der Waals surface area contributed by atoms with Crippen molar-refractivity contribution < 1.29 is 4.79 Å². The van der Waals surface area contributed by atoms with E-state index in [2.05, 4.69) is 41.4 Å². The summed E-state index contributed by atoms with van der Waals surface area (Å²) in [6.45, 7) is 10.0. The molecule has 124 valence electrons. The van der Waals surface area contributed by atoms with E-state index in [0.29, 0.717) is 12.6 Å². The summed E-state index contributed by atoms with van der Waals surface area (Å²) in [4.78, 5) is 14.5. The number of piperidine rings is 1. The number of aromatic nitrogens is 2. The molecular weight excluding hydrogens is 278 g/mol. The van der Waals surface area contributed by atoms with E-state index < -0.39 is 0 Å². The molecule has 1 amide bonds. The fraction of sp³-hybridized carbons (Fsp3) is 0.750. The molecule has 0 bridgehead atoms. The van der Waals surface area contributed by atoms with E-state index in [1.807, 2.05) is 16.9 Å². The Balaban J connectivity index is 1.67. The van der Waals surface area contributed by atoms with E-state index in [1.54, 1.807) is 6.20 Å². The van der Waals surface area contributed by atoms with Gasteiger partial charge in [0, 0.05) is 37.6 Å². The van der Waals surface area contributed by atoms with Gasteiger partial charge in [-0.2, -0.15) is 5.10 Å². The van der Waals surface area contributed by atoms with Crippen molar-refractivity contribution in [1.29, 1.82) is 0 Å². The summed E-state index contributed by atoms with van der Waals surface area (Å²) < 4.78 is 1.91. The van der Waals surface area contributed by atoms with Gasteiger partial charge >= 0.3 is 0 Å². The Morgan fingerprint density at radius 3 is 2.68 bits per heavy atom.